The first-order valence-corrected chi connectivity index (χ1v) is 7.70. The van der Waals surface area contributed by atoms with Gasteiger partial charge in [-0.3, -0.25) is 4.99 Å². The molecular weight excluding hydrogens is 264 g/mol. The molecule has 1 saturated heterocycles. The molecule has 114 valence electrons. The first-order valence-electron chi connectivity index (χ1n) is 7.70. The van der Waals surface area contributed by atoms with Gasteiger partial charge in [0, 0.05) is 38.4 Å². The second-order valence-electron chi connectivity index (χ2n) is 6.10. The fourth-order valence-corrected chi connectivity index (χ4v) is 3.45. The van der Waals surface area contributed by atoms with Gasteiger partial charge in [0.05, 0.1) is 7.11 Å². The maximum absolute atomic E-state index is 5.29. The number of nitrogens with zero attached hydrogens (tertiary/aromatic N) is 3. The van der Waals surface area contributed by atoms with Gasteiger partial charge in [-0.15, -0.1) is 0 Å². The Labute approximate surface area is 126 Å². The number of nitrogens with one attached hydrogen (secondary N) is 1. The zero-order valence-electron chi connectivity index (χ0n) is 12.9. The molecule has 0 radical (unpaired) electrons. The molecule has 2 fully saturated rings. The number of aromatic nitrogens is 1. The summed E-state index contributed by atoms with van der Waals surface area (Å²) in [5.41, 5.74) is 1.64. The number of ether oxygens (including phenoxy) is 1. The zero-order chi connectivity index (χ0) is 14.7. The van der Waals surface area contributed by atoms with E-state index in [0.29, 0.717) is 17.8 Å². The summed E-state index contributed by atoms with van der Waals surface area (Å²) in [6.07, 6.45) is 7.22. The van der Waals surface area contributed by atoms with Gasteiger partial charge in [0.15, 0.2) is 5.96 Å². The molecule has 1 aromatic rings. The molecule has 0 aromatic carbocycles. The summed E-state index contributed by atoms with van der Waals surface area (Å²) < 4.78 is 5.29. The number of methoxy groups -OCH3 is 1. The minimum absolute atomic E-state index is 0.587. The summed E-state index contributed by atoms with van der Waals surface area (Å²) in [4.78, 5) is 11.1. The van der Waals surface area contributed by atoms with Crippen LogP contribution in [0.3, 0.4) is 0 Å². The van der Waals surface area contributed by atoms with Gasteiger partial charge < -0.3 is 15.0 Å². The molecule has 0 unspecified atom stereocenters. The minimum Gasteiger partial charge on any atom is -0.481 e. The second-order valence-corrected chi connectivity index (χ2v) is 6.10. The van der Waals surface area contributed by atoms with Gasteiger partial charge >= 0.3 is 0 Å². The molecule has 1 aliphatic heterocycles. The van der Waals surface area contributed by atoms with E-state index in [-0.39, 0.29) is 0 Å². The van der Waals surface area contributed by atoms with Crippen molar-refractivity contribution in [1.82, 2.24) is 15.2 Å². The molecule has 1 aromatic heterocycles. The largest absolute Gasteiger partial charge is 0.481 e. The molecule has 0 amide bonds. The van der Waals surface area contributed by atoms with E-state index < -0.39 is 0 Å². The average molecular weight is 288 g/mol. The molecule has 2 heterocycles. The molecule has 5 nitrogen and oxygen atoms in total. The Bertz CT molecular complexity index is 525. The van der Waals surface area contributed by atoms with E-state index in [1.54, 1.807) is 13.3 Å². The summed E-state index contributed by atoms with van der Waals surface area (Å²) in [7, 11) is 3.51. The first kappa shape index (κ1) is 14.2. The van der Waals surface area contributed by atoms with Crippen LogP contribution in [0.1, 0.15) is 31.2 Å². The van der Waals surface area contributed by atoms with E-state index in [2.05, 4.69) is 20.2 Å². The number of guanidine groups is 1. The summed E-state index contributed by atoms with van der Waals surface area (Å²) in [5.74, 6) is 1.67. The molecule has 21 heavy (non-hydrogen) atoms. The van der Waals surface area contributed by atoms with Crippen molar-refractivity contribution < 1.29 is 4.74 Å². The lowest BCUT2D eigenvalue weighted by atomic mass is 9.68. The van der Waals surface area contributed by atoms with Crippen molar-refractivity contribution in [2.24, 2.45) is 10.4 Å². The SMILES string of the molecule is CN=C(NCc1cccnc1OC)N1CCC2(CCC2)C1. The van der Waals surface area contributed by atoms with Gasteiger partial charge in [0.25, 0.3) is 0 Å². The van der Waals surface area contributed by atoms with E-state index >= 15 is 0 Å². The topological polar surface area (TPSA) is 49.8 Å². The Morgan fingerprint density at radius 2 is 2.33 bits per heavy atom. The van der Waals surface area contributed by atoms with Gasteiger partial charge in [0.1, 0.15) is 0 Å². The van der Waals surface area contributed by atoms with Crippen LogP contribution >= 0.6 is 0 Å². The zero-order valence-corrected chi connectivity index (χ0v) is 12.9. The molecule has 2 aliphatic rings. The molecule has 1 aliphatic carbocycles. The quantitative estimate of drug-likeness (QED) is 0.683. The summed E-state index contributed by atoms with van der Waals surface area (Å²) in [6.45, 7) is 2.95. The van der Waals surface area contributed by atoms with Crippen LogP contribution < -0.4 is 10.1 Å². The monoisotopic (exact) mass is 288 g/mol. The number of hydrogen-bond acceptors (Lipinski definition) is 3. The standard InChI is InChI=1S/C16H24N4O/c1-17-15(20-10-8-16(12-20)6-4-7-16)19-11-13-5-3-9-18-14(13)21-2/h3,5,9H,4,6-8,10-12H2,1-2H3,(H,17,19). The Kier molecular flexibility index (Phi) is 3.99. The first-order chi connectivity index (χ1) is 10.3. The minimum atomic E-state index is 0.587. The highest BCUT2D eigenvalue weighted by atomic mass is 16.5. The highest BCUT2D eigenvalue weighted by Crippen LogP contribution is 2.47. The molecule has 1 spiro atoms. The molecule has 3 rings (SSSR count). The molecule has 0 atom stereocenters. The van der Waals surface area contributed by atoms with E-state index in [0.717, 1.165) is 24.6 Å². The fourth-order valence-electron chi connectivity index (χ4n) is 3.45. The van der Waals surface area contributed by atoms with E-state index in [4.69, 9.17) is 4.74 Å². The lowest BCUT2D eigenvalue weighted by Gasteiger charge is -2.38. The van der Waals surface area contributed by atoms with E-state index in [1.807, 2.05) is 19.2 Å². The molecule has 0 bridgehead atoms. The van der Waals surface area contributed by atoms with Crippen LogP contribution in [0, 0.1) is 5.41 Å². The Balaban J connectivity index is 1.60. The van der Waals surface area contributed by atoms with Gasteiger partial charge in [-0.2, -0.15) is 0 Å². The summed E-state index contributed by atoms with van der Waals surface area (Å²) in [6, 6.07) is 3.96. The number of pyridine rings is 1. The van der Waals surface area contributed by atoms with E-state index in [9.17, 15) is 0 Å². The van der Waals surface area contributed by atoms with Gasteiger partial charge in [0.2, 0.25) is 5.88 Å². The van der Waals surface area contributed by atoms with Crippen LogP contribution in [0.4, 0.5) is 0 Å². The van der Waals surface area contributed by atoms with Crippen molar-refractivity contribution in [3.05, 3.63) is 23.9 Å². The van der Waals surface area contributed by atoms with E-state index in [1.165, 1.54) is 25.7 Å². The second kappa shape index (κ2) is 5.92. The predicted molar refractivity (Wildman–Crippen MR) is 83.5 cm³/mol. The van der Waals surface area contributed by atoms with Crippen LogP contribution in [0.25, 0.3) is 0 Å². The van der Waals surface area contributed by atoms with Crippen molar-refractivity contribution >= 4 is 5.96 Å². The lowest BCUT2D eigenvalue weighted by molar-refractivity contribution is 0.151. The number of rotatable bonds is 3. The third-order valence-corrected chi connectivity index (χ3v) is 4.84. The Morgan fingerprint density at radius 1 is 1.48 bits per heavy atom. The maximum Gasteiger partial charge on any atom is 0.218 e. The van der Waals surface area contributed by atoms with Crippen LogP contribution in [-0.2, 0) is 6.54 Å². The normalized spacial score (nSPS) is 20.5. The fraction of sp³-hybridized carbons (Fsp3) is 0.625. The highest BCUT2D eigenvalue weighted by Gasteiger charge is 2.43. The van der Waals surface area contributed by atoms with Crippen molar-refractivity contribution in [2.45, 2.75) is 32.2 Å². The molecular formula is C16H24N4O. The Hall–Kier alpha value is -1.78. The Morgan fingerprint density at radius 3 is 2.95 bits per heavy atom. The average Bonchev–Trinajstić information content (AvgIpc) is 2.94. The van der Waals surface area contributed by atoms with Crippen molar-refractivity contribution in [3.8, 4) is 5.88 Å². The van der Waals surface area contributed by atoms with Crippen LogP contribution in [0.15, 0.2) is 23.3 Å². The van der Waals surface area contributed by atoms with Crippen LogP contribution in [-0.4, -0.2) is 43.1 Å². The number of hydrogen-bond donors (Lipinski definition) is 1. The van der Waals surface area contributed by atoms with Gasteiger partial charge in [-0.1, -0.05) is 12.5 Å². The molecule has 5 heteroatoms. The van der Waals surface area contributed by atoms with Crippen LogP contribution in [0.2, 0.25) is 0 Å². The van der Waals surface area contributed by atoms with Crippen molar-refractivity contribution in [2.75, 3.05) is 27.2 Å². The van der Waals surface area contributed by atoms with Crippen LogP contribution in [0.5, 0.6) is 5.88 Å². The third-order valence-electron chi connectivity index (χ3n) is 4.84. The lowest BCUT2D eigenvalue weighted by Crippen LogP contribution is -2.42. The predicted octanol–water partition coefficient (Wildman–Crippen LogP) is 2.04. The van der Waals surface area contributed by atoms with Crippen molar-refractivity contribution in [1.29, 1.82) is 0 Å². The third kappa shape index (κ3) is 2.82. The smallest absolute Gasteiger partial charge is 0.218 e. The summed E-state index contributed by atoms with van der Waals surface area (Å²) in [5, 5.41) is 3.44. The molecule has 1 N–H and O–H groups in total. The van der Waals surface area contributed by atoms with Crippen molar-refractivity contribution in [3.63, 3.8) is 0 Å². The van der Waals surface area contributed by atoms with Gasteiger partial charge in [-0.05, 0) is 30.7 Å². The maximum atomic E-state index is 5.29. The highest BCUT2D eigenvalue weighted by molar-refractivity contribution is 5.80. The summed E-state index contributed by atoms with van der Waals surface area (Å²) >= 11 is 0. The molecule has 1 saturated carbocycles. The van der Waals surface area contributed by atoms with Gasteiger partial charge in [-0.25, -0.2) is 4.98 Å². The number of aliphatic imine (C=N–C) groups is 1. The number of likely N-dealkylation sites (tertiary alicyclic amines) is 1.